The number of pyridine rings is 1. The molecule has 1 N–H and O–H groups in total. The van der Waals surface area contributed by atoms with Crippen molar-refractivity contribution in [1.82, 2.24) is 24.7 Å². The molecule has 4 rings (SSSR count). The van der Waals surface area contributed by atoms with E-state index in [0.29, 0.717) is 41.1 Å². The second-order valence-corrected chi connectivity index (χ2v) is 8.79. The Bertz CT molecular complexity index is 1460. The molecule has 0 aliphatic rings. The molecule has 0 aliphatic heterocycles. The van der Waals surface area contributed by atoms with Gasteiger partial charge in [-0.2, -0.15) is 13.5 Å². The van der Waals surface area contributed by atoms with E-state index >= 15 is 0 Å². The molecule has 11 heteroatoms. The Morgan fingerprint density at radius 2 is 1.88 bits per heavy atom. The van der Waals surface area contributed by atoms with Gasteiger partial charge in [-0.15, -0.1) is 0 Å². The van der Waals surface area contributed by atoms with Gasteiger partial charge in [-0.3, -0.25) is 14.5 Å². The van der Waals surface area contributed by atoms with Gasteiger partial charge < -0.3 is 13.9 Å². The first-order chi connectivity index (χ1) is 15.8. The molecular formula is C22H23N5O5S. The third-order valence-corrected chi connectivity index (χ3v) is 6.14. The van der Waals surface area contributed by atoms with Gasteiger partial charge in [0, 0.05) is 31.6 Å². The molecular weight excluding hydrogens is 446 g/mol. The van der Waals surface area contributed by atoms with Crippen LogP contribution in [-0.2, 0) is 23.6 Å². The average molecular weight is 470 g/mol. The number of aromatic amines is 1. The first-order valence-electron chi connectivity index (χ1n) is 10.4. The lowest BCUT2D eigenvalue weighted by Crippen LogP contribution is -2.14. The monoisotopic (exact) mass is 469 g/mol. The molecule has 3 heterocycles. The maximum Gasteiger partial charge on any atom is 0.339 e. The van der Waals surface area contributed by atoms with E-state index in [1.807, 2.05) is 6.92 Å². The fourth-order valence-corrected chi connectivity index (χ4v) is 4.44. The number of nitrogens with zero attached hydrogens (tertiary/aromatic N) is 4. The zero-order valence-electron chi connectivity index (χ0n) is 18.4. The van der Waals surface area contributed by atoms with Crippen molar-refractivity contribution in [2.45, 2.75) is 31.6 Å². The number of ether oxygens (including phenoxy) is 1. The van der Waals surface area contributed by atoms with Crippen molar-refractivity contribution in [2.75, 3.05) is 6.61 Å². The maximum absolute atomic E-state index is 12.9. The minimum atomic E-state index is -4.16. The summed E-state index contributed by atoms with van der Waals surface area (Å²) in [6.07, 6.45) is 4.35. The van der Waals surface area contributed by atoms with Gasteiger partial charge in [0.25, 0.3) is 5.56 Å². The van der Waals surface area contributed by atoms with Crippen LogP contribution in [0.4, 0.5) is 0 Å². The van der Waals surface area contributed by atoms with Crippen molar-refractivity contribution < 1.29 is 17.3 Å². The topological polar surface area (TPSA) is 129 Å². The molecule has 0 fully saturated rings. The summed E-state index contributed by atoms with van der Waals surface area (Å²) in [6.45, 7) is 4.16. The van der Waals surface area contributed by atoms with E-state index in [1.54, 1.807) is 14.0 Å². The van der Waals surface area contributed by atoms with Gasteiger partial charge in [0.2, 0.25) is 0 Å². The summed E-state index contributed by atoms with van der Waals surface area (Å²) in [5, 5.41) is 4.42. The van der Waals surface area contributed by atoms with E-state index in [2.05, 4.69) is 20.1 Å². The Kier molecular flexibility index (Phi) is 6.14. The quantitative estimate of drug-likeness (QED) is 0.390. The highest BCUT2D eigenvalue weighted by Crippen LogP contribution is 2.32. The summed E-state index contributed by atoms with van der Waals surface area (Å²) in [7, 11) is -2.47. The van der Waals surface area contributed by atoms with Gasteiger partial charge in [-0.1, -0.05) is 13.3 Å². The molecule has 4 aromatic rings. The summed E-state index contributed by atoms with van der Waals surface area (Å²) >= 11 is 0. The van der Waals surface area contributed by atoms with Crippen LogP contribution in [0.15, 0.2) is 52.4 Å². The fourth-order valence-electron chi connectivity index (χ4n) is 3.48. The molecule has 10 nitrogen and oxygen atoms in total. The Morgan fingerprint density at radius 1 is 1.12 bits per heavy atom. The standard InChI is InChI=1S/C22H23N5O5S/c1-4-6-17-19-20(27(3)26-17)22(28)25-21(24-19)16-13-15(7-8-18(16)31-5-2)33(29,30)32-14-9-11-23-12-10-14/h7-13H,4-6H2,1-3H3,(H,24,25,28). The first kappa shape index (κ1) is 22.5. The smallest absolute Gasteiger partial charge is 0.339 e. The SMILES string of the molecule is CCCc1nn(C)c2c(=O)[nH]c(-c3cc(S(=O)(=O)Oc4ccncc4)ccc3OCC)nc12. The Hall–Kier alpha value is -3.73. The molecule has 0 atom stereocenters. The molecule has 0 saturated heterocycles. The minimum Gasteiger partial charge on any atom is -0.493 e. The number of H-pyrrole nitrogens is 1. The molecule has 1 aromatic carbocycles. The predicted molar refractivity (Wildman–Crippen MR) is 122 cm³/mol. The Balaban J connectivity index is 1.87. The van der Waals surface area contributed by atoms with Gasteiger partial charge in [0.15, 0.2) is 5.52 Å². The van der Waals surface area contributed by atoms with E-state index in [9.17, 15) is 13.2 Å². The molecule has 0 aliphatic carbocycles. The fraction of sp³-hybridized carbons (Fsp3) is 0.273. The van der Waals surface area contributed by atoms with Gasteiger partial charge in [-0.05, 0) is 31.5 Å². The van der Waals surface area contributed by atoms with Crippen LogP contribution in [0.1, 0.15) is 26.0 Å². The number of fused-ring (bicyclic) bond motifs is 1. The molecule has 3 aromatic heterocycles. The number of hydrogen-bond acceptors (Lipinski definition) is 8. The Morgan fingerprint density at radius 3 is 2.58 bits per heavy atom. The van der Waals surface area contributed by atoms with Crippen molar-refractivity contribution in [1.29, 1.82) is 0 Å². The lowest BCUT2D eigenvalue weighted by atomic mass is 10.1. The second-order valence-electron chi connectivity index (χ2n) is 7.24. The van der Waals surface area contributed by atoms with Gasteiger partial charge in [0.05, 0.1) is 17.9 Å². The zero-order chi connectivity index (χ0) is 23.6. The first-order valence-corrected chi connectivity index (χ1v) is 11.8. The number of aryl methyl sites for hydroxylation is 2. The lowest BCUT2D eigenvalue weighted by molar-refractivity contribution is 0.341. The largest absolute Gasteiger partial charge is 0.493 e. The molecule has 33 heavy (non-hydrogen) atoms. The third kappa shape index (κ3) is 4.44. The van der Waals surface area contributed by atoms with Crippen LogP contribution in [0.5, 0.6) is 11.5 Å². The zero-order valence-corrected chi connectivity index (χ0v) is 19.2. The minimum absolute atomic E-state index is 0.111. The molecule has 0 bridgehead atoms. The number of nitrogens with one attached hydrogen (secondary N) is 1. The lowest BCUT2D eigenvalue weighted by Gasteiger charge is -2.13. The van der Waals surface area contributed by atoms with Crippen LogP contribution in [0.25, 0.3) is 22.4 Å². The van der Waals surface area contributed by atoms with Crippen molar-refractivity contribution in [3.05, 3.63) is 58.8 Å². The number of aromatic nitrogens is 5. The number of hydrogen-bond donors (Lipinski definition) is 1. The van der Waals surface area contributed by atoms with E-state index in [4.69, 9.17) is 8.92 Å². The van der Waals surface area contributed by atoms with Crippen LogP contribution < -0.4 is 14.5 Å². The highest BCUT2D eigenvalue weighted by atomic mass is 32.2. The van der Waals surface area contributed by atoms with Crippen LogP contribution in [-0.4, -0.2) is 39.8 Å². The number of benzene rings is 1. The average Bonchev–Trinajstić information content (AvgIpc) is 3.10. The van der Waals surface area contributed by atoms with Crippen molar-refractivity contribution in [3.8, 4) is 22.9 Å². The molecule has 172 valence electrons. The van der Waals surface area contributed by atoms with E-state index < -0.39 is 10.1 Å². The molecule has 0 spiro atoms. The number of rotatable bonds is 8. The highest BCUT2D eigenvalue weighted by molar-refractivity contribution is 7.87. The summed E-state index contributed by atoms with van der Waals surface area (Å²) in [4.78, 5) is 24.0. The van der Waals surface area contributed by atoms with E-state index in [1.165, 1.54) is 47.4 Å². The van der Waals surface area contributed by atoms with Crippen molar-refractivity contribution in [3.63, 3.8) is 0 Å². The molecule has 0 saturated carbocycles. The summed E-state index contributed by atoms with van der Waals surface area (Å²) in [5.41, 5.74) is 1.47. The summed E-state index contributed by atoms with van der Waals surface area (Å²) < 4.78 is 38.2. The highest BCUT2D eigenvalue weighted by Gasteiger charge is 2.22. The molecule has 0 radical (unpaired) electrons. The van der Waals surface area contributed by atoms with E-state index in [-0.39, 0.29) is 22.0 Å². The van der Waals surface area contributed by atoms with Crippen LogP contribution in [0, 0.1) is 0 Å². The Labute approximate surface area is 190 Å². The van der Waals surface area contributed by atoms with Crippen molar-refractivity contribution >= 4 is 21.2 Å². The maximum atomic E-state index is 12.9. The second kappa shape index (κ2) is 9.02. The van der Waals surface area contributed by atoms with Gasteiger partial charge in [-0.25, -0.2) is 4.98 Å². The van der Waals surface area contributed by atoms with E-state index in [0.717, 1.165) is 6.42 Å². The molecule has 0 amide bonds. The van der Waals surface area contributed by atoms with Crippen LogP contribution in [0.2, 0.25) is 0 Å². The summed E-state index contributed by atoms with van der Waals surface area (Å²) in [5.74, 6) is 0.694. The third-order valence-electron chi connectivity index (χ3n) is 4.90. The van der Waals surface area contributed by atoms with Crippen LogP contribution >= 0.6 is 0 Å². The van der Waals surface area contributed by atoms with Crippen molar-refractivity contribution in [2.24, 2.45) is 7.05 Å². The van der Waals surface area contributed by atoms with Gasteiger partial charge in [0.1, 0.15) is 27.7 Å². The predicted octanol–water partition coefficient (Wildman–Crippen LogP) is 2.84. The van der Waals surface area contributed by atoms with Crippen LogP contribution in [0.3, 0.4) is 0 Å². The molecule has 0 unspecified atom stereocenters. The summed E-state index contributed by atoms with van der Waals surface area (Å²) in [6, 6.07) is 7.16. The normalized spacial score (nSPS) is 11.6. The van der Waals surface area contributed by atoms with Gasteiger partial charge >= 0.3 is 10.1 Å².